The molecule has 1 atom stereocenters. The van der Waals surface area contributed by atoms with Gasteiger partial charge in [0.25, 0.3) is 0 Å². The second kappa shape index (κ2) is 7.58. The van der Waals surface area contributed by atoms with Crippen molar-refractivity contribution < 1.29 is 5.11 Å². The second-order valence-corrected chi connectivity index (χ2v) is 7.69. The van der Waals surface area contributed by atoms with E-state index >= 15 is 0 Å². The average molecular weight is 348 g/mol. The smallest absolute Gasteiger partial charge is 0.120 e. The lowest BCUT2D eigenvalue weighted by atomic mass is 9.90. The summed E-state index contributed by atoms with van der Waals surface area (Å²) in [6.45, 7) is 7.25. The minimum absolute atomic E-state index is 0.323. The number of benzene rings is 1. The summed E-state index contributed by atoms with van der Waals surface area (Å²) >= 11 is 6.07. The van der Waals surface area contributed by atoms with Crippen molar-refractivity contribution >= 4 is 11.6 Å². The predicted molar refractivity (Wildman–Crippen MR) is 97.5 cm³/mol. The third-order valence-electron chi connectivity index (χ3n) is 4.73. The highest BCUT2D eigenvalue weighted by Crippen LogP contribution is 2.31. The van der Waals surface area contributed by atoms with Gasteiger partial charge < -0.3 is 5.11 Å². The first-order chi connectivity index (χ1) is 11.5. The molecule has 1 saturated heterocycles. The number of aromatic amines is 1. The zero-order valence-electron chi connectivity index (χ0n) is 14.4. The van der Waals surface area contributed by atoms with E-state index in [0.717, 1.165) is 38.0 Å². The van der Waals surface area contributed by atoms with Crippen LogP contribution in [0.3, 0.4) is 0 Å². The number of halogens is 1. The van der Waals surface area contributed by atoms with E-state index in [4.69, 9.17) is 11.6 Å². The fraction of sp³-hybridized carbons (Fsp3) is 0.526. The first-order valence-corrected chi connectivity index (χ1v) is 9.12. The van der Waals surface area contributed by atoms with Gasteiger partial charge in [-0.1, -0.05) is 25.4 Å². The molecule has 130 valence electrons. The molecule has 1 fully saturated rings. The van der Waals surface area contributed by atoms with Gasteiger partial charge in [-0.15, -0.1) is 0 Å². The maximum absolute atomic E-state index is 10.1. The maximum atomic E-state index is 10.1. The lowest BCUT2D eigenvalue weighted by Gasteiger charge is -2.33. The van der Waals surface area contributed by atoms with Crippen molar-refractivity contribution in [3.8, 4) is 5.75 Å². The van der Waals surface area contributed by atoms with Gasteiger partial charge in [-0.2, -0.15) is 5.10 Å². The standard InChI is InChI=1S/C19H26ClN3O/c1-13(2)8-15-10-21-22-19(15)14-4-3-7-23(11-14)12-16-9-17(20)5-6-18(16)24/h5-6,9-10,13-14,24H,3-4,7-8,11-12H2,1-2H3,(H,21,22). The van der Waals surface area contributed by atoms with Gasteiger partial charge in [0, 0.05) is 35.3 Å². The molecule has 5 heteroatoms. The summed E-state index contributed by atoms with van der Waals surface area (Å²) < 4.78 is 0. The molecule has 2 heterocycles. The van der Waals surface area contributed by atoms with Gasteiger partial charge in [0.05, 0.1) is 6.20 Å². The van der Waals surface area contributed by atoms with E-state index in [1.807, 2.05) is 12.3 Å². The fourth-order valence-corrected chi connectivity index (χ4v) is 3.83. The van der Waals surface area contributed by atoms with Crippen LogP contribution in [0.1, 0.15) is 49.4 Å². The molecule has 1 aliphatic rings. The molecular formula is C19H26ClN3O. The van der Waals surface area contributed by atoms with E-state index in [1.54, 1.807) is 12.1 Å². The van der Waals surface area contributed by atoms with Crippen LogP contribution in [0.5, 0.6) is 5.75 Å². The molecule has 1 unspecified atom stereocenters. The number of phenols is 1. The summed E-state index contributed by atoms with van der Waals surface area (Å²) in [7, 11) is 0. The van der Waals surface area contributed by atoms with Crippen molar-refractivity contribution in [2.45, 2.75) is 45.6 Å². The van der Waals surface area contributed by atoms with E-state index in [-0.39, 0.29) is 0 Å². The number of hydrogen-bond donors (Lipinski definition) is 2. The molecular weight excluding hydrogens is 322 g/mol. The van der Waals surface area contributed by atoms with E-state index in [0.29, 0.717) is 22.6 Å². The number of nitrogens with zero attached hydrogens (tertiary/aromatic N) is 2. The Hall–Kier alpha value is -1.52. The number of hydrogen-bond acceptors (Lipinski definition) is 3. The number of likely N-dealkylation sites (tertiary alicyclic amines) is 1. The highest BCUT2D eigenvalue weighted by atomic mass is 35.5. The van der Waals surface area contributed by atoms with E-state index in [1.165, 1.54) is 17.7 Å². The van der Waals surface area contributed by atoms with Crippen LogP contribution in [0.4, 0.5) is 0 Å². The van der Waals surface area contributed by atoms with Crippen molar-refractivity contribution in [3.05, 3.63) is 46.2 Å². The van der Waals surface area contributed by atoms with Gasteiger partial charge in [0.15, 0.2) is 0 Å². The largest absolute Gasteiger partial charge is 0.508 e. The molecule has 0 bridgehead atoms. The zero-order valence-corrected chi connectivity index (χ0v) is 15.2. The Labute approximate surface area is 148 Å². The zero-order chi connectivity index (χ0) is 17.1. The number of H-pyrrole nitrogens is 1. The number of piperidine rings is 1. The number of rotatable bonds is 5. The highest BCUT2D eigenvalue weighted by molar-refractivity contribution is 6.30. The van der Waals surface area contributed by atoms with Gasteiger partial charge in [-0.05, 0) is 55.5 Å². The summed E-state index contributed by atoms with van der Waals surface area (Å²) in [6.07, 6.45) is 5.39. The lowest BCUT2D eigenvalue weighted by molar-refractivity contribution is 0.196. The molecule has 24 heavy (non-hydrogen) atoms. The van der Waals surface area contributed by atoms with Crippen LogP contribution in [0, 0.1) is 5.92 Å². The van der Waals surface area contributed by atoms with Crippen LogP contribution in [-0.2, 0) is 13.0 Å². The first-order valence-electron chi connectivity index (χ1n) is 8.75. The van der Waals surface area contributed by atoms with Crippen molar-refractivity contribution in [3.63, 3.8) is 0 Å². The van der Waals surface area contributed by atoms with Crippen LogP contribution in [-0.4, -0.2) is 33.3 Å². The summed E-state index contributed by atoms with van der Waals surface area (Å²) in [5, 5.41) is 18.3. The summed E-state index contributed by atoms with van der Waals surface area (Å²) in [6, 6.07) is 5.26. The Morgan fingerprint density at radius 1 is 1.38 bits per heavy atom. The SMILES string of the molecule is CC(C)Cc1cn[nH]c1C1CCCN(Cc2cc(Cl)ccc2O)C1. The van der Waals surface area contributed by atoms with E-state index in [2.05, 4.69) is 28.9 Å². The normalized spacial score (nSPS) is 19.1. The monoisotopic (exact) mass is 347 g/mol. The molecule has 3 rings (SSSR count). The molecule has 0 spiro atoms. The molecule has 2 N–H and O–H groups in total. The van der Waals surface area contributed by atoms with Crippen LogP contribution >= 0.6 is 11.6 Å². The lowest BCUT2D eigenvalue weighted by Crippen LogP contribution is -2.34. The Morgan fingerprint density at radius 3 is 3.00 bits per heavy atom. The number of phenolic OH excluding ortho intramolecular Hbond substituents is 1. The summed E-state index contributed by atoms with van der Waals surface area (Å²) in [5.41, 5.74) is 3.54. The summed E-state index contributed by atoms with van der Waals surface area (Å²) in [5.74, 6) is 1.43. The van der Waals surface area contributed by atoms with Crippen LogP contribution in [0.15, 0.2) is 24.4 Å². The van der Waals surface area contributed by atoms with Crippen molar-refractivity contribution in [2.24, 2.45) is 5.92 Å². The molecule has 0 radical (unpaired) electrons. The maximum Gasteiger partial charge on any atom is 0.120 e. The Balaban J connectivity index is 1.71. The molecule has 0 aliphatic carbocycles. The van der Waals surface area contributed by atoms with Gasteiger partial charge in [0.2, 0.25) is 0 Å². The molecule has 1 aromatic heterocycles. The Bertz CT molecular complexity index is 683. The molecule has 4 nitrogen and oxygen atoms in total. The number of aromatic hydroxyl groups is 1. The minimum atomic E-state index is 0.323. The van der Waals surface area contributed by atoms with Crippen molar-refractivity contribution in [1.82, 2.24) is 15.1 Å². The third kappa shape index (κ3) is 4.11. The Morgan fingerprint density at radius 2 is 2.21 bits per heavy atom. The Kier molecular flexibility index (Phi) is 5.47. The van der Waals surface area contributed by atoms with Crippen LogP contribution in [0.25, 0.3) is 0 Å². The van der Waals surface area contributed by atoms with Crippen LogP contribution < -0.4 is 0 Å². The molecule has 0 saturated carbocycles. The first kappa shape index (κ1) is 17.3. The van der Waals surface area contributed by atoms with Gasteiger partial charge in [-0.3, -0.25) is 10.00 Å². The van der Waals surface area contributed by atoms with Crippen molar-refractivity contribution in [1.29, 1.82) is 0 Å². The quantitative estimate of drug-likeness (QED) is 0.845. The molecule has 0 amide bonds. The number of aromatic nitrogens is 2. The minimum Gasteiger partial charge on any atom is -0.508 e. The predicted octanol–water partition coefficient (Wildman–Crippen LogP) is 4.35. The fourth-order valence-electron chi connectivity index (χ4n) is 3.63. The average Bonchev–Trinajstić information content (AvgIpc) is 2.98. The molecule has 2 aromatic rings. The summed E-state index contributed by atoms with van der Waals surface area (Å²) in [4.78, 5) is 2.40. The molecule has 1 aliphatic heterocycles. The second-order valence-electron chi connectivity index (χ2n) is 7.25. The van der Waals surface area contributed by atoms with Crippen molar-refractivity contribution in [2.75, 3.05) is 13.1 Å². The van der Waals surface area contributed by atoms with Gasteiger partial charge >= 0.3 is 0 Å². The van der Waals surface area contributed by atoms with Gasteiger partial charge in [0.1, 0.15) is 5.75 Å². The highest BCUT2D eigenvalue weighted by Gasteiger charge is 2.25. The van der Waals surface area contributed by atoms with E-state index in [9.17, 15) is 5.11 Å². The topological polar surface area (TPSA) is 52.2 Å². The van der Waals surface area contributed by atoms with E-state index < -0.39 is 0 Å². The van der Waals surface area contributed by atoms with Crippen LogP contribution in [0.2, 0.25) is 5.02 Å². The van der Waals surface area contributed by atoms with Gasteiger partial charge in [-0.25, -0.2) is 0 Å². The number of nitrogens with one attached hydrogen (secondary N) is 1. The third-order valence-corrected chi connectivity index (χ3v) is 4.96. The molecule has 1 aromatic carbocycles.